The van der Waals surface area contributed by atoms with Gasteiger partial charge in [-0.05, 0) is 45.4 Å². The second kappa shape index (κ2) is 8.97. The van der Waals surface area contributed by atoms with Crippen molar-refractivity contribution in [2.45, 2.75) is 31.2 Å². The number of ether oxygens (including phenoxy) is 1. The van der Waals surface area contributed by atoms with E-state index in [1.807, 2.05) is 48.5 Å². The van der Waals surface area contributed by atoms with Crippen molar-refractivity contribution in [2.75, 3.05) is 11.9 Å². The van der Waals surface area contributed by atoms with E-state index in [1.165, 1.54) is 0 Å². The molecule has 0 unspecified atom stereocenters. The lowest BCUT2D eigenvalue weighted by Crippen LogP contribution is -2.40. The van der Waals surface area contributed by atoms with Gasteiger partial charge in [-0.1, -0.05) is 55.0 Å². The molecule has 174 valence electrons. The molecule has 2 aliphatic rings. The second-order valence-corrected chi connectivity index (χ2v) is 8.37. The van der Waals surface area contributed by atoms with Gasteiger partial charge in [-0.15, -0.1) is 0 Å². The van der Waals surface area contributed by atoms with E-state index in [0.29, 0.717) is 19.3 Å². The van der Waals surface area contributed by atoms with Crippen LogP contribution in [0.15, 0.2) is 53.2 Å². The lowest BCUT2D eigenvalue weighted by Gasteiger charge is -2.17. The Labute approximate surface area is 194 Å². The van der Waals surface area contributed by atoms with Crippen molar-refractivity contribution in [3.8, 4) is 11.1 Å². The Kier molecular flexibility index (Phi) is 5.70. The number of fused-ring (bicyclic) bond motifs is 3. The van der Waals surface area contributed by atoms with Crippen LogP contribution in [-0.4, -0.2) is 46.0 Å². The van der Waals surface area contributed by atoms with E-state index in [0.717, 1.165) is 22.3 Å². The van der Waals surface area contributed by atoms with Gasteiger partial charge in [0.05, 0.1) is 5.92 Å². The number of carboxylic acid groups (broad SMARTS) is 1. The minimum Gasteiger partial charge on any atom is -0.481 e. The van der Waals surface area contributed by atoms with Crippen LogP contribution in [0, 0.1) is 5.92 Å². The summed E-state index contributed by atoms with van der Waals surface area (Å²) in [6.07, 6.45) is 0.922. The molecule has 0 spiro atoms. The van der Waals surface area contributed by atoms with E-state index >= 15 is 0 Å². The number of hydrogen-bond donors (Lipinski definition) is 3. The van der Waals surface area contributed by atoms with Gasteiger partial charge in [0.25, 0.3) is 5.91 Å². The summed E-state index contributed by atoms with van der Waals surface area (Å²) in [6.45, 7) is 0.0923. The molecular formula is C24H22N4O6. The molecule has 0 saturated heterocycles. The summed E-state index contributed by atoms with van der Waals surface area (Å²) in [5.74, 6) is -2.61. The SMILES string of the molecule is O=C(Nc1nonc1C(=O)N[C@@H]1CCC[C@@H]1C(=O)O)OCC1c2ccccc2-c2ccccc21. The fraction of sp³-hybridized carbons (Fsp3) is 0.292. The minimum atomic E-state index is -0.960. The molecule has 10 heteroatoms. The summed E-state index contributed by atoms with van der Waals surface area (Å²) in [5, 5.41) is 21.5. The molecule has 1 saturated carbocycles. The molecule has 3 aromatic rings. The fourth-order valence-electron chi connectivity index (χ4n) is 4.82. The molecule has 5 rings (SSSR count). The summed E-state index contributed by atoms with van der Waals surface area (Å²) in [4.78, 5) is 36.5. The number of rotatable bonds is 6. The van der Waals surface area contributed by atoms with Crippen LogP contribution in [0.5, 0.6) is 0 Å². The molecule has 1 heterocycles. The standard InChI is InChI=1S/C24H22N4O6/c29-22(25-19-11-5-10-17(19)23(30)31)20-21(28-34-27-20)26-24(32)33-12-18-15-8-3-1-6-13(15)14-7-2-4-9-16(14)18/h1-4,6-9,17-19H,5,10-12H2,(H,25,29)(H,30,31)(H,26,28,32)/t17-,19+/m0/s1. The second-order valence-electron chi connectivity index (χ2n) is 8.37. The van der Waals surface area contributed by atoms with Gasteiger partial charge in [0.2, 0.25) is 11.5 Å². The third-order valence-corrected chi connectivity index (χ3v) is 6.42. The zero-order valence-corrected chi connectivity index (χ0v) is 18.1. The van der Waals surface area contributed by atoms with Crippen molar-refractivity contribution in [3.05, 3.63) is 65.4 Å². The zero-order chi connectivity index (χ0) is 23.7. The van der Waals surface area contributed by atoms with Crippen LogP contribution >= 0.6 is 0 Å². The molecule has 0 bridgehead atoms. The largest absolute Gasteiger partial charge is 0.481 e. The highest BCUT2D eigenvalue weighted by atomic mass is 16.6. The number of nitrogens with one attached hydrogen (secondary N) is 2. The Morgan fingerprint density at radius 2 is 1.68 bits per heavy atom. The molecule has 10 nitrogen and oxygen atoms in total. The van der Waals surface area contributed by atoms with Crippen LogP contribution in [-0.2, 0) is 9.53 Å². The van der Waals surface area contributed by atoms with Crippen molar-refractivity contribution in [2.24, 2.45) is 5.92 Å². The quantitative estimate of drug-likeness (QED) is 0.506. The van der Waals surface area contributed by atoms with Gasteiger partial charge in [-0.25, -0.2) is 9.42 Å². The highest BCUT2D eigenvalue weighted by Crippen LogP contribution is 2.44. The Hall–Kier alpha value is -4.21. The predicted octanol–water partition coefficient (Wildman–Crippen LogP) is 3.41. The first-order valence-corrected chi connectivity index (χ1v) is 11.0. The lowest BCUT2D eigenvalue weighted by atomic mass is 9.98. The smallest absolute Gasteiger partial charge is 0.412 e. The monoisotopic (exact) mass is 462 g/mol. The Bertz CT molecular complexity index is 1210. The maximum absolute atomic E-state index is 12.6. The van der Waals surface area contributed by atoms with Gasteiger partial charge in [0.15, 0.2) is 0 Å². The van der Waals surface area contributed by atoms with Gasteiger partial charge in [0, 0.05) is 12.0 Å². The topological polar surface area (TPSA) is 144 Å². The van der Waals surface area contributed by atoms with Crippen molar-refractivity contribution < 1.29 is 28.9 Å². The number of carboxylic acids is 1. The van der Waals surface area contributed by atoms with Crippen molar-refractivity contribution in [3.63, 3.8) is 0 Å². The van der Waals surface area contributed by atoms with E-state index in [2.05, 4.69) is 25.6 Å². The maximum Gasteiger partial charge on any atom is 0.412 e. The molecule has 2 amide bonds. The molecule has 1 fully saturated rings. The van der Waals surface area contributed by atoms with E-state index in [4.69, 9.17) is 4.74 Å². The summed E-state index contributed by atoms with van der Waals surface area (Å²) in [5.41, 5.74) is 4.12. The normalized spacial score (nSPS) is 18.7. The molecule has 0 aliphatic heterocycles. The molecule has 0 radical (unpaired) electrons. The molecule has 1 aromatic heterocycles. The number of anilines is 1. The van der Waals surface area contributed by atoms with Gasteiger partial charge in [0.1, 0.15) is 6.61 Å². The van der Waals surface area contributed by atoms with E-state index < -0.39 is 29.9 Å². The zero-order valence-electron chi connectivity index (χ0n) is 18.1. The highest BCUT2D eigenvalue weighted by Gasteiger charge is 2.35. The number of benzene rings is 2. The minimum absolute atomic E-state index is 0.0923. The Morgan fingerprint density at radius 3 is 2.35 bits per heavy atom. The Balaban J connectivity index is 1.23. The van der Waals surface area contributed by atoms with Crippen molar-refractivity contribution in [1.29, 1.82) is 0 Å². The van der Waals surface area contributed by atoms with Crippen LogP contribution < -0.4 is 10.6 Å². The van der Waals surface area contributed by atoms with E-state index in [9.17, 15) is 19.5 Å². The molecule has 3 N–H and O–H groups in total. The molecular weight excluding hydrogens is 440 g/mol. The number of carbonyl (C=O) groups is 3. The summed E-state index contributed by atoms with van der Waals surface area (Å²) in [6, 6.07) is 15.4. The van der Waals surface area contributed by atoms with Gasteiger partial charge >= 0.3 is 12.1 Å². The first-order chi connectivity index (χ1) is 16.5. The average Bonchev–Trinajstić information content (AvgIpc) is 3.55. The highest BCUT2D eigenvalue weighted by molar-refractivity contribution is 6.00. The number of aliphatic carboxylic acids is 1. The number of amides is 2. The predicted molar refractivity (Wildman–Crippen MR) is 119 cm³/mol. The van der Waals surface area contributed by atoms with Crippen LogP contribution in [0.1, 0.15) is 46.8 Å². The van der Waals surface area contributed by atoms with Gasteiger partial charge in [-0.2, -0.15) is 0 Å². The first kappa shape index (κ1) is 21.6. The van der Waals surface area contributed by atoms with Crippen LogP contribution in [0.2, 0.25) is 0 Å². The molecule has 2 aliphatic carbocycles. The van der Waals surface area contributed by atoms with Gasteiger partial charge < -0.3 is 15.2 Å². The number of hydrogen-bond acceptors (Lipinski definition) is 7. The van der Waals surface area contributed by atoms with E-state index in [1.54, 1.807) is 0 Å². The number of aromatic nitrogens is 2. The number of carbonyl (C=O) groups excluding carboxylic acids is 2. The average molecular weight is 462 g/mol. The lowest BCUT2D eigenvalue weighted by molar-refractivity contribution is -0.142. The number of nitrogens with zero attached hydrogens (tertiary/aromatic N) is 2. The van der Waals surface area contributed by atoms with E-state index in [-0.39, 0.29) is 24.0 Å². The van der Waals surface area contributed by atoms with Crippen LogP contribution in [0.3, 0.4) is 0 Å². The maximum atomic E-state index is 12.6. The summed E-state index contributed by atoms with van der Waals surface area (Å²) >= 11 is 0. The van der Waals surface area contributed by atoms with Crippen molar-refractivity contribution in [1.82, 2.24) is 15.6 Å². The third kappa shape index (κ3) is 3.98. The molecule has 2 aromatic carbocycles. The first-order valence-electron chi connectivity index (χ1n) is 11.0. The van der Waals surface area contributed by atoms with Crippen molar-refractivity contribution >= 4 is 23.8 Å². The Morgan fingerprint density at radius 1 is 1.00 bits per heavy atom. The third-order valence-electron chi connectivity index (χ3n) is 6.42. The summed E-state index contributed by atoms with van der Waals surface area (Å²) < 4.78 is 10.1. The van der Waals surface area contributed by atoms with Gasteiger partial charge in [-0.3, -0.25) is 14.9 Å². The van der Waals surface area contributed by atoms with Crippen LogP contribution in [0.25, 0.3) is 11.1 Å². The molecule has 2 atom stereocenters. The van der Waals surface area contributed by atoms with Crippen LogP contribution in [0.4, 0.5) is 10.6 Å². The summed E-state index contributed by atoms with van der Waals surface area (Å²) in [7, 11) is 0. The molecule has 34 heavy (non-hydrogen) atoms. The fourth-order valence-corrected chi connectivity index (χ4v) is 4.82.